The van der Waals surface area contributed by atoms with Crippen molar-refractivity contribution in [1.82, 2.24) is 0 Å². The van der Waals surface area contributed by atoms with Crippen LogP contribution in [0.15, 0.2) is 40.1 Å². The Morgan fingerprint density at radius 1 is 0.909 bits per heavy atom. The zero-order valence-electron chi connectivity index (χ0n) is 15.5. The molecule has 2 radical (unpaired) electrons. The van der Waals surface area contributed by atoms with Gasteiger partial charge in [0.25, 0.3) is 0 Å². The molecule has 1 aliphatic carbocycles. The summed E-state index contributed by atoms with van der Waals surface area (Å²) in [6, 6.07) is 6.93. The van der Waals surface area contributed by atoms with Gasteiger partial charge in [-0.25, -0.2) is 0 Å². The lowest BCUT2D eigenvalue weighted by molar-refractivity contribution is 0.795. The molecule has 1 aromatic carbocycles. The molecule has 0 bridgehead atoms. The zero-order chi connectivity index (χ0) is 16.6. The number of allylic oxidation sites excluding steroid dienone is 4. The molecule has 1 aromatic rings. The van der Waals surface area contributed by atoms with Gasteiger partial charge in [0.05, 0.1) is 0 Å². The van der Waals surface area contributed by atoms with Crippen molar-refractivity contribution in [1.29, 1.82) is 0 Å². The van der Waals surface area contributed by atoms with E-state index in [0.29, 0.717) is 17.8 Å². The van der Waals surface area contributed by atoms with Gasteiger partial charge in [0.1, 0.15) is 9.52 Å². The second-order valence-electron chi connectivity index (χ2n) is 7.31. The molecule has 118 valence electrons. The number of hydrogen-bond acceptors (Lipinski definition) is 0. The van der Waals surface area contributed by atoms with Crippen molar-refractivity contribution >= 4 is 14.7 Å². The van der Waals surface area contributed by atoms with E-state index in [0.717, 1.165) is 9.52 Å². The van der Waals surface area contributed by atoms with Crippen molar-refractivity contribution in [2.24, 2.45) is 5.92 Å². The smallest absolute Gasteiger partial charge is 0.0695 e. The predicted molar refractivity (Wildman–Crippen MR) is 100 cm³/mol. The van der Waals surface area contributed by atoms with Crippen molar-refractivity contribution in [3.05, 3.63) is 51.2 Å². The summed E-state index contributed by atoms with van der Waals surface area (Å²) in [4.78, 5) is 0. The first-order valence-corrected chi connectivity index (χ1v) is 9.54. The largest absolute Gasteiger partial charge is 0.117 e. The lowest BCUT2D eigenvalue weighted by atomic mass is 9.91. The third-order valence-electron chi connectivity index (χ3n) is 5.25. The van der Waals surface area contributed by atoms with Gasteiger partial charge >= 0.3 is 0 Å². The van der Waals surface area contributed by atoms with Crippen LogP contribution in [0.2, 0.25) is 0 Å². The topological polar surface area (TPSA) is 0 Å². The van der Waals surface area contributed by atoms with Gasteiger partial charge < -0.3 is 0 Å². The molecule has 0 fully saturated rings. The quantitative estimate of drug-likeness (QED) is 0.642. The van der Waals surface area contributed by atoms with Crippen LogP contribution in [0.25, 0.3) is 0 Å². The van der Waals surface area contributed by atoms with Gasteiger partial charge in [0.2, 0.25) is 0 Å². The average Bonchev–Trinajstić information content (AvgIpc) is 2.64. The molecule has 0 nitrogen and oxygen atoms in total. The molecule has 0 N–H and O–H groups in total. The molecule has 22 heavy (non-hydrogen) atoms. The predicted octanol–water partition coefficient (Wildman–Crippen LogP) is 5.52. The first-order valence-electron chi connectivity index (χ1n) is 8.54. The summed E-state index contributed by atoms with van der Waals surface area (Å²) in [6.07, 6.45) is 0. The second kappa shape index (κ2) is 6.58. The van der Waals surface area contributed by atoms with E-state index >= 15 is 0 Å². The maximum absolute atomic E-state index is 2.37. The summed E-state index contributed by atoms with van der Waals surface area (Å²) in [6.45, 7) is 18.6. The van der Waals surface area contributed by atoms with Crippen LogP contribution in [-0.2, 0) is 0 Å². The monoisotopic (exact) mass is 310 g/mol. The fraction of sp³-hybridized carbons (Fsp3) is 0.524. The van der Waals surface area contributed by atoms with Gasteiger partial charge in [-0.1, -0.05) is 74.3 Å². The van der Waals surface area contributed by atoms with E-state index in [1.807, 2.05) is 0 Å². The molecule has 0 aliphatic heterocycles. The van der Waals surface area contributed by atoms with Crippen LogP contribution in [-0.4, -0.2) is 9.52 Å². The second-order valence-corrected chi connectivity index (χ2v) is 8.64. The van der Waals surface area contributed by atoms with E-state index in [1.54, 1.807) is 21.5 Å². The molecule has 0 saturated heterocycles. The number of rotatable bonds is 4. The van der Waals surface area contributed by atoms with Gasteiger partial charge in [-0.2, -0.15) is 0 Å². The minimum absolute atomic E-state index is 0.592. The highest BCUT2D eigenvalue weighted by atomic mass is 28.2. The van der Waals surface area contributed by atoms with Gasteiger partial charge in [-0.3, -0.25) is 0 Å². The minimum atomic E-state index is 0.592. The van der Waals surface area contributed by atoms with E-state index in [9.17, 15) is 0 Å². The van der Waals surface area contributed by atoms with Crippen LogP contribution in [0.5, 0.6) is 0 Å². The van der Waals surface area contributed by atoms with Crippen LogP contribution < -0.4 is 5.19 Å². The van der Waals surface area contributed by atoms with E-state index in [-0.39, 0.29) is 0 Å². The van der Waals surface area contributed by atoms with Gasteiger partial charge in [0, 0.05) is 0 Å². The highest BCUT2D eigenvalue weighted by molar-refractivity contribution is 6.62. The fourth-order valence-corrected chi connectivity index (χ4v) is 5.40. The average molecular weight is 311 g/mol. The van der Waals surface area contributed by atoms with Gasteiger partial charge in [0.15, 0.2) is 0 Å². The van der Waals surface area contributed by atoms with Gasteiger partial charge in [-0.05, 0) is 55.2 Å². The maximum Gasteiger partial charge on any atom is 0.117 e. The summed E-state index contributed by atoms with van der Waals surface area (Å²) in [5.74, 6) is 1.80. The molecule has 1 unspecified atom stereocenters. The Balaban J connectivity index is 2.46. The lowest BCUT2D eigenvalue weighted by Crippen LogP contribution is -2.26. The van der Waals surface area contributed by atoms with Crippen LogP contribution in [0.1, 0.15) is 78.4 Å². The van der Waals surface area contributed by atoms with Crippen molar-refractivity contribution in [2.45, 2.75) is 67.2 Å². The first-order chi connectivity index (χ1) is 10.3. The molecule has 0 amide bonds. The summed E-state index contributed by atoms with van der Waals surface area (Å²) < 4.78 is 0. The van der Waals surface area contributed by atoms with Crippen LogP contribution in [0.3, 0.4) is 0 Å². The molecule has 0 aromatic heterocycles. The Labute approximate surface area is 139 Å². The van der Waals surface area contributed by atoms with Crippen LogP contribution >= 0.6 is 0 Å². The normalized spacial score (nSPS) is 19.1. The van der Waals surface area contributed by atoms with Crippen molar-refractivity contribution in [2.75, 3.05) is 0 Å². The Morgan fingerprint density at radius 3 is 2.00 bits per heavy atom. The lowest BCUT2D eigenvalue weighted by Gasteiger charge is -2.22. The van der Waals surface area contributed by atoms with Gasteiger partial charge in [-0.15, -0.1) is 0 Å². The Morgan fingerprint density at radius 2 is 1.55 bits per heavy atom. The third kappa shape index (κ3) is 3.01. The molecule has 1 heteroatoms. The van der Waals surface area contributed by atoms with Crippen LogP contribution in [0.4, 0.5) is 0 Å². The number of hydrogen-bond donors (Lipinski definition) is 0. The van der Waals surface area contributed by atoms with E-state index in [2.05, 4.69) is 73.6 Å². The van der Waals surface area contributed by atoms with E-state index < -0.39 is 0 Å². The molecular weight excluding hydrogens is 280 g/mol. The van der Waals surface area contributed by atoms with Crippen molar-refractivity contribution < 1.29 is 0 Å². The fourth-order valence-electron chi connectivity index (χ4n) is 3.55. The maximum atomic E-state index is 2.37. The molecule has 0 heterocycles. The van der Waals surface area contributed by atoms with E-state index in [1.165, 1.54) is 16.7 Å². The third-order valence-corrected chi connectivity index (χ3v) is 7.03. The van der Waals surface area contributed by atoms with E-state index in [4.69, 9.17) is 0 Å². The minimum Gasteiger partial charge on any atom is -0.0695 e. The highest BCUT2D eigenvalue weighted by Gasteiger charge is 2.25. The molecule has 1 atom stereocenters. The Kier molecular flexibility index (Phi) is 5.16. The highest BCUT2D eigenvalue weighted by Crippen LogP contribution is 2.36. The van der Waals surface area contributed by atoms with Crippen molar-refractivity contribution in [3.8, 4) is 0 Å². The summed E-state index contributed by atoms with van der Waals surface area (Å²) in [5.41, 5.74) is 7.73. The SMILES string of the molecule is CC1=C(C)C(C)C([Si]c2cccc(C(C)C)c2C(C)C)=C1C. The molecule has 0 spiro atoms. The molecule has 0 saturated carbocycles. The summed E-state index contributed by atoms with van der Waals surface area (Å²) >= 11 is 0. The summed E-state index contributed by atoms with van der Waals surface area (Å²) in [7, 11) is 0.809. The zero-order valence-corrected chi connectivity index (χ0v) is 16.5. The molecular formula is C21H30Si. The Bertz CT molecular complexity index is 629. The first kappa shape index (κ1) is 17.3. The standard InChI is InChI=1S/C21H30Si/c1-12(2)18-10-9-11-19(20(18)13(3)4)22-21-16(7)14(5)15(6)17(21)8/h9-13,16H,1-8H3. The molecule has 1 aliphatic rings. The summed E-state index contributed by atoms with van der Waals surface area (Å²) in [5, 5.41) is 3.21. The Hall–Kier alpha value is -1.08. The van der Waals surface area contributed by atoms with Crippen LogP contribution in [0, 0.1) is 5.92 Å². The van der Waals surface area contributed by atoms with Crippen molar-refractivity contribution in [3.63, 3.8) is 0 Å². The number of benzene rings is 1. The molecule has 2 rings (SSSR count).